The monoisotopic (exact) mass is 230 g/mol. The zero-order chi connectivity index (χ0) is 11.4. The van der Waals surface area contributed by atoms with Crippen LogP contribution in [-0.2, 0) is 4.84 Å². The van der Waals surface area contributed by atoms with Gasteiger partial charge >= 0.3 is 0 Å². The molecule has 82 valence electrons. The molecule has 0 saturated carbocycles. The number of nitro groups is 1. The predicted molar refractivity (Wildman–Crippen MR) is 56.7 cm³/mol. The zero-order valence-corrected chi connectivity index (χ0v) is 8.90. The van der Waals surface area contributed by atoms with E-state index in [0.717, 1.165) is 0 Å². The van der Waals surface area contributed by atoms with Gasteiger partial charge in [0.1, 0.15) is 0 Å². The minimum Gasteiger partial charge on any atom is -0.304 e. The standard InChI is InChI=1S/C9H11ClN2O3/c1-6(5-15-11)8-4-7(10)2-3-9(8)12(13)14/h2-4,6H,5,11H2,1H3. The maximum atomic E-state index is 10.7. The van der Waals surface area contributed by atoms with E-state index in [9.17, 15) is 10.1 Å². The van der Waals surface area contributed by atoms with E-state index in [4.69, 9.17) is 17.5 Å². The lowest BCUT2D eigenvalue weighted by atomic mass is 10.0. The average Bonchev–Trinajstić information content (AvgIpc) is 2.17. The van der Waals surface area contributed by atoms with Gasteiger partial charge in [-0.2, -0.15) is 0 Å². The minimum absolute atomic E-state index is 0.0314. The van der Waals surface area contributed by atoms with Crippen LogP contribution in [0, 0.1) is 10.1 Å². The zero-order valence-electron chi connectivity index (χ0n) is 8.14. The van der Waals surface area contributed by atoms with Gasteiger partial charge in [-0.15, -0.1) is 0 Å². The second kappa shape index (κ2) is 5.06. The minimum atomic E-state index is -0.446. The van der Waals surface area contributed by atoms with Crippen LogP contribution in [0.2, 0.25) is 5.02 Å². The Hall–Kier alpha value is -1.17. The van der Waals surface area contributed by atoms with Crippen molar-refractivity contribution in [2.75, 3.05) is 6.61 Å². The first kappa shape index (κ1) is 11.9. The number of hydrogen-bond donors (Lipinski definition) is 1. The lowest BCUT2D eigenvalue weighted by Crippen LogP contribution is -2.10. The van der Waals surface area contributed by atoms with E-state index < -0.39 is 4.92 Å². The summed E-state index contributed by atoms with van der Waals surface area (Å²) in [5.74, 6) is 4.76. The Bertz CT molecular complexity index is 370. The number of rotatable bonds is 4. The van der Waals surface area contributed by atoms with Crippen molar-refractivity contribution >= 4 is 17.3 Å². The van der Waals surface area contributed by atoms with Crippen LogP contribution in [0.3, 0.4) is 0 Å². The first-order chi connectivity index (χ1) is 7.06. The topological polar surface area (TPSA) is 78.4 Å². The van der Waals surface area contributed by atoms with Gasteiger partial charge in [0.25, 0.3) is 5.69 Å². The smallest absolute Gasteiger partial charge is 0.273 e. The number of nitro benzene ring substituents is 1. The molecule has 0 amide bonds. The molecule has 0 aliphatic carbocycles. The summed E-state index contributed by atoms with van der Waals surface area (Å²) in [6, 6.07) is 4.42. The molecule has 5 nitrogen and oxygen atoms in total. The summed E-state index contributed by atoms with van der Waals surface area (Å²) in [6.45, 7) is 1.99. The highest BCUT2D eigenvalue weighted by molar-refractivity contribution is 6.30. The number of nitrogens with zero attached hydrogens (tertiary/aromatic N) is 1. The third-order valence-electron chi connectivity index (χ3n) is 2.06. The highest BCUT2D eigenvalue weighted by Gasteiger charge is 2.19. The molecule has 15 heavy (non-hydrogen) atoms. The summed E-state index contributed by atoms with van der Waals surface area (Å²) >= 11 is 5.77. The van der Waals surface area contributed by atoms with Gasteiger partial charge in [-0.1, -0.05) is 18.5 Å². The third-order valence-corrected chi connectivity index (χ3v) is 2.30. The average molecular weight is 231 g/mol. The summed E-state index contributed by atoms with van der Waals surface area (Å²) in [7, 11) is 0. The molecule has 0 saturated heterocycles. The van der Waals surface area contributed by atoms with E-state index in [0.29, 0.717) is 10.6 Å². The van der Waals surface area contributed by atoms with E-state index >= 15 is 0 Å². The van der Waals surface area contributed by atoms with Gasteiger partial charge in [0.2, 0.25) is 0 Å². The van der Waals surface area contributed by atoms with Crippen LogP contribution in [0.25, 0.3) is 0 Å². The van der Waals surface area contributed by atoms with E-state index in [1.54, 1.807) is 13.0 Å². The maximum absolute atomic E-state index is 10.7. The lowest BCUT2D eigenvalue weighted by molar-refractivity contribution is -0.385. The Morgan fingerprint density at radius 3 is 2.87 bits per heavy atom. The van der Waals surface area contributed by atoms with Crippen LogP contribution < -0.4 is 5.90 Å². The molecule has 1 atom stereocenters. The summed E-state index contributed by atoms with van der Waals surface area (Å²) in [5, 5.41) is 11.2. The molecule has 0 radical (unpaired) electrons. The molecule has 1 rings (SSSR count). The van der Waals surface area contributed by atoms with Gasteiger partial charge in [-0.3, -0.25) is 10.1 Å². The molecule has 0 fully saturated rings. The molecule has 0 aliphatic heterocycles. The van der Waals surface area contributed by atoms with Gasteiger partial charge in [-0.05, 0) is 12.1 Å². The van der Waals surface area contributed by atoms with E-state index in [-0.39, 0.29) is 18.2 Å². The third kappa shape index (κ3) is 2.89. The fourth-order valence-corrected chi connectivity index (χ4v) is 1.50. The van der Waals surface area contributed by atoms with Crippen molar-refractivity contribution in [2.24, 2.45) is 5.90 Å². The van der Waals surface area contributed by atoms with Crippen LogP contribution in [0.5, 0.6) is 0 Å². The van der Waals surface area contributed by atoms with Gasteiger partial charge < -0.3 is 4.84 Å². The summed E-state index contributed by atoms with van der Waals surface area (Å²) in [5.41, 5.74) is 0.557. The number of hydrogen-bond acceptors (Lipinski definition) is 4. The second-order valence-corrected chi connectivity index (χ2v) is 3.63. The molecule has 0 aliphatic rings. The molecule has 0 aromatic heterocycles. The van der Waals surface area contributed by atoms with Gasteiger partial charge in [0.15, 0.2) is 0 Å². The fourth-order valence-electron chi connectivity index (χ4n) is 1.32. The van der Waals surface area contributed by atoms with Gasteiger partial charge in [0, 0.05) is 22.6 Å². The van der Waals surface area contributed by atoms with Crippen LogP contribution in [0.1, 0.15) is 18.4 Å². The normalized spacial score (nSPS) is 12.5. The first-order valence-electron chi connectivity index (χ1n) is 4.31. The van der Waals surface area contributed by atoms with E-state index in [1.165, 1.54) is 12.1 Å². The Balaban J connectivity index is 3.12. The van der Waals surface area contributed by atoms with Gasteiger partial charge in [-0.25, -0.2) is 5.90 Å². The molecule has 0 heterocycles. The quantitative estimate of drug-likeness (QED) is 0.636. The molecule has 6 heteroatoms. The van der Waals surface area contributed by atoms with Crippen LogP contribution in [0.15, 0.2) is 18.2 Å². The largest absolute Gasteiger partial charge is 0.304 e. The fraction of sp³-hybridized carbons (Fsp3) is 0.333. The van der Waals surface area contributed by atoms with Crippen molar-refractivity contribution in [3.05, 3.63) is 38.9 Å². The molecule has 0 spiro atoms. The Kier molecular flexibility index (Phi) is 4.02. The lowest BCUT2D eigenvalue weighted by Gasteiger charge is -2.10. The Morgan fingerprint density at radius 1 is 1.67 bits per heavy atom. The highest BCUT2D eigenvalue weighted by Crippen LogP contribution is 2.29. The predicted octanol–water partition coefficient (Wildman–Crippen LogP) is 2.24. The molecular formula is C9H11ClN2O3. The number of halogens is 1. The number of benzene rings is 1. The van der Waals surface area contributed by atoms with E-state index in [2.05, 4.69) is 4.84 Å². The molecule has 2 N–H and O–H groups in total. The summed E-state index contributed by atoms with van der Waals surface area (Å²) < 4.78 is 0. The Labute approximate surface area is 91.9 Å². The van der Waals surface area contributed by atoms with Crippen molar-refractivity contribution in [3.8, 4) is 0 Å². The number of nitrogens with two attached hydrogens (primary N) is 1. The van der Waals surface area contributed by atoms with Crippen molar-refractivity contribution in [2.45, 2.75) is 12.8 Å². The molecular weight excluding hydrogens is 220 g/mol. The Morgan fingerprint density at radius 2 is 2.33 bits per heavy atom. The van der Waals surface area contributed by atoms with Crippen LogP contribution in [0.4, 0.5) is 5.69 Å². The van der Waals surface area contributed by atoms with Crippen molar-refractivity contribution in [3.63, 3.8) is 0 Å². The van der Waals surface area contributed by atoms with Crippen molar-refractivity contribution < 1.29 is 9.76 Å². The van der Waals surface area contributed by atoms with Crippen molar-refractivity contribution in [1.82, 2.24) is 0 Å². The first-order valence-corrected chi connectivity index (χ1v) is 4.69. The SMILES string of the molecule is CC(CON)c1cc(Cl)ccc1[N+](=O)[O-]. The van der Waals surface area contributed by atoms with Gasteiger partial charge in [0.05, 0.1) is 11.5 Å². The molecule has 1 aromatic carbocycles. The van der Waals surface area contributed by atoms with Crippen LogP contribution in [-0.4, -0.2) is 11.5 Å². The summed E-state index contributed by atoms with van der Waals surface area (Å²) in [4.78, 5) is 14.8. The van der Waals surface area contributed by atoms with Crippen molar-refractivity contribution in [1.29, 1.82) is 0 Å². The molecule has 1 unspecified atom stereocenters. The molecule has 1 aromatic rings. The van der Waals surface area contributed by atoms with E-state index in [1.807, 2.05) is 0 Å². The molecule has 0 bridgehead atoms. The highest BCUT2D eigenvalue weighted by atomic mass is 35.5. The maximum Gasteiger partial charge on any atom is 0.273 e. The second-order valence-electron chi connectivity index (χ2n) is 3.19. The summed E-state index contributed by atoms with van der Waals surface area (Å²) in [6.07, 6.45) is 0. The van der Waals surface area contributed by atoms with Crippen LogP contribution >= 0.6 is 11.6 Å².